The molecule has 2 atom stereocenters. The van der Waals surface area contributed by atoms with Crippen LogP contribution < -0.4 is 14.8 Å². The van der Waals surface area contributed by atoms with Gasteiger partial charge in [0.2, 0.25) is 0 Å². The van der Waals surface area contributed by atoms with Crippen molar-refractivity contribution in [1.29, 1.82) is 0 Å². The van der Waals surface area contributed by atoms with E-state index < -0.39 is 0 Å². The average Bonchev–Trinajstić information content (AvgIpc) is 2.60. The highest BCUT2D eigenvalue weighted by molar-refractivity contribution is 5.42. The molecule has 26 heavy (non-hydrogen) atoms. The summed E-state index contributed by atoms with van der Waals surface area (Å²) in [6, 6.07) is 6.11. The normalized spacial score (nSPS) is 20.8. The maximum absolute atomic E-state index is 5.91. The van der Waals surface area contributed by atoms with Crippen LogP contribution in [0.5, 0.6) is 11.5 Å². The van der Waals surface area contributed by atoms with E-state index in [4.69, 9.17) is 14.2 Å². The number of ether oxygens (including phenoxy) is 3. The third kappa shape index (κ3) is 5.88. The van der Waals surface area contributed by atoms with Gasteiger partial charge in [-0.25, -0.2) is 0 Å². The SMILES string of the molecule is COc1ccc(CNCCC(C(C)C)C2CCOC(C)(C)C2)cc1OC. The first-order chi connectivity index (χ1) is 12.4. The van der Waals surface area contributed by atoms with Crippen molar-refractivity contribution >= 4 is 0 Å². The van der Waals surface area contributed by atoms with Gasteiger partial charge in [-0.1, -0.05) is 19.9 Å². The average molecular weight is 364 g/mol. The number of benzene rings is 1. The second-order valence-electron chi connectivity index (χ2n) is 8.42. The van der Waals surface area contributed by atoms with Gasteiger partial charge < -0.3 is 19.5 Å². The molecule has 148 valence electrons. The molecule has 0 aromatic heterocycles. The molecule has 0 saturated carbocycles. The van der Waals surface area contributed by atoms with E-state index in [2.05, 4.69) is 39.1 Å². The van der Waals surface area contributed by atoms with E-state index in [1.54, 1.807) is 14.2 Å². The molecule has 0 aliphatic carbocycles. The van der Waals surface area contributed by atoms with Gasteiger partial charge in [0.25, 0.3) is 0 Å². The minimum absolute atomic E-state index is 0.0309. The van der Waals surface area contributed by atoms with Crippen molar-refractivity contribution < 1.29 is 14.2 Å². The molecule has 1 aromatic rings. The second kappa shape index (κ2) is 9.61. The lowest BCUT2D eigenvalue weighted by molar-refractivity contribution is -0.0867. The van der Waals surface area contributed by atoms with E-state index in [-0.39, 0.29) is 5.60 Å². The highest BCUT2D eigenvalue weighted by atomic mass is 16.5. The summed E-state index contributed by atoms with van der Waals surface area (Å²) in [6.45, 7) is 12.0. The largest absolute Gasteiger partial charge is 0.493 e. The van der Waals surface area contributed by atoms with Gasteiger partial charge in [-0.15, -0.1) is 0 Å². The topological polar surface area (TPSA) is 39.7 Å². The lowest BCUT2D eigenvalue weighted by Gasteiger charge is -2.40. The molecule has 1 aliphatic rings. The molecule has 1 aromatic carbocycles. The van der Waals surface area contributed by atoms with Crippen LogP contribution in [0.25, 0.3) is 0 Å². The van der Waals surface area contributed by atoms with Gasteiger partial charge in [-0.3, -0.25) is 0 Å². The minimum atomic E-state index is 0.0309. The van der Waals surface area contributed by atoms with Crippen molar-refractivity contribution in [3.05, 3.63) is 23.8 Å². The van der Waals surface area contributed by atoms with Crippen LogP contribution in [-0.2, 0) is 11.3 Å². The van der Waals surface area contributed by atoms with Crippen molar-refractivity contribution in [1.82, 2.24) is 5.32 Å². The van der Waals surface area contributed by atoms with Crippen LogP contribution in [0.1, 0.15) is 52.5 Å². The van der Waals surface area contributed by atoms with Crippen molar-refractivity contribution in [2.45, 2.75) is 59.1 Å². The Kier molecular flexibility index (Phi) is 7.78. The molecule has 1 heterocycles. The summed E-state index contributed by atoms with van der Waals surface area (Å²) in [5.41, 5.74) is 1.25. The van der Waals surface area contributed by atoms with E-state index in [1.807, 2.05) is 12.1 Å². The summed E-state index contributed by atoms with van der Waals surface area (Å²) in [5.74, 6) is 3.78. The zero-order valence-electron chi connectivity index (χ0n) is 17.4. The molecule has 0 amide bonds. The molecule has 4 nitrogen and oxygen atoms in total. The Morgan fingerprint density at radius 2 is 1.92 bits per heavy atom. The molecule has 0 bridgehead atoms. The quantitative estimate of drug-likeness (QED) is 0.648. The predicted octanol–water partition coefficient (Wildman–Crippen LogP) is 4.66. The third-order valence-corrected chi connectivity index (χ3v) is 5.63. The van der Waals surface area contributed by atoms with Gasteiger partial charge >= 0.3 is 0 Å². The Morgan fingerprint density at radius 1 is 1.19 bits per heavy atom. The molecule has 1 saturated heterocycles. The van der Waals surface area contributed by atoms with Crippen LogP contribution in [0.2, 0.25) is 0 Å². The maximum Gasteiger partial charge on any atom is 0.161 e. The first-order valence-electron chi connectivity index (χ1n) is 9.92. The van der Waals surface area contributed by atoms with E-state index in [0.29, 0.717) is 5.92 Å². The van der Waals surface area contributed by atoms with E-state index in [0.717, 1.165) is 43.0 Å². The Bertz CT molecular complexity index is 556. The Balaban J connectivity index is 1.85. The summed E-state index contributed by atoms with van der Waals surface area (Å²) in [7, 11) is 3.34. The summed E-state index contributed by atoms with van der Waals surface area (Å²) in [5, 5.41) is 3.61. The van der Waals surface area contributed by atoms with Gasteiger partial charge in [0.05, 0.1) is 19.8 Å². The van der Waals surface area contributed by atoms with Crippen LogP contribution >= 0.6 is 0 Å². The fraction of sp³-hybridized carbons (Fsp3) is 0.727. The standard InChI is InChI=1S/C22H37NO3/c1-16(2)19(18-10-12-26-22(3,4)14-18)9-11-23-15-17-7-8-20(24-5)21(13-17)25-6/h7-8,13,16,18-19,23H,9-12,14-15H2,1-6H3. The first-order valence-corrected chi connectivity index (χ1v) is 9.92. The van der Waals surface area contributed by atoms with Crippen molar-refractivity contribution in [3.8, 4) is 11.5 Å². The number of nitrogens with one attached hydrogen (secondary N) is 1. The maximum atomic E-state index is 5.91. The predicted molar refractivity (Wildman–Crippen MR) is 107 cm³/mol. The Labute approximate surface area is 159 Å². The highest BCUT2D eigenvalue weighted by Crippen LogP contribution is 2.37. The number of hydrogen-bond donors (Lipinski definition) is 1. The van der Waals surface area contributed by atoms with Crippen molar-refractivity contribution in [3.63, 3.8) is 0 Å². The van der Waals surface area contributed by atoms with Gasteiger partial charge in [0.1, 0.15) is 0 Å². The van der Waals surface area contributed by atoms with E-state index in [1.165, 1.54) is 24.8 Å². The second-order valence-corrected chi connectivity index (χ2v) is 8.42. The highest BCUT2D eigenvalue weighted by Gasteiger charge is 2.34. The van der Waals surface area contributed by atoms with E-state index >= 15 is 0 Å². The first kappa shape index (κ1) is 21.0. The fourth-order valence-electron chi connectivity index (χ4n) is 4.25. The summed E-state index contributed by atoms with van der Waals surface area (Å²) >= 11 is 0. The number of rotatable bonds is 9. The molecule has 1 N–H and O–H groups in total. The van der Waals surface area contributed by atoms with Crippen LogP contribution in [0.15, 0.2) is 18.2 Å². The van der Waals surface area contributed by atoms with Crippen LogP contribution in [-0.4, -0.2) is 33.0 Å². The van der Waals surface area contributed by atoms with Crippen LogP contribution in [0, 0.1) is 17.8 Å². The van der Waals surface area contributed by atoms with Gasteiger partial charge in [0.15, 0.2) is 11.5 Å². The Morgan fingerprint density at radius 3 is 2.54 bits per heavy atom. The number of methoxy groups -OCH3 is 2. The fourth-order valence-corrected chi connectivity index (χ4v) is 4.25. The lowest BCUT2D eigenvalue weighted by Crippen LogP contribution is -2.38. The van der Waals surface area contributed by atoms with Crippen LogP contribution in [0.3, 0.4) is 0 Å². The van der Waals surface area contributed by atoms with Gasteiger partial charge in [-0.2, -0.15) is 0 Å². The zero-order chi connectivity index (χ0) is 19.2. The molecular weight excluding hydrogens is 326 g/mol. The monoisotopic (exact) mass is 363 g/mol. The molecule has 0 radical (unpaired) electrons. The summed E-state index contributed by atoms with van der Waals surface area (Å²) in [4.78, 5) is 0. The molecule has 2 rings (SSSR count). The lowest BCUT2D eigenvalue weighted by atomic mass is 9.73. The molecule has 2 unspecified atom stereocenters. The van der Waals surface area contributed by atoms with Gasteiger partial charge in [0, 0.05) is 13.2 Å². The smallest absolute Gasteiger partial charge is 0.161 e. The molecular formula is C22H37NO3. The molecule has 0 spiro atoms. The van der Waals surface area contributed by atoms with Crippen molar-refractivity contribution in [2.24, 2.45) is 17.8 Å². The Hall–Kier alpha value is -1.26. The summed E-state index contributed by atoms with van der Waals surface area (Å²) in [6.07, 6.45) is 3.58. The van der Waals surface area contributed by atoms with Gasteiger partial charge in [-0.05, 0) is 75.1 Å². The zero-order valence-corrected chi connectivity index (χ0v) is 17.4. The van der Waals surface area contributed by atoms with E-state index in [9.17, 15) is 0 Å². The number of hydrogen-bond acceptors (Lipinski definition) is 4. The summed E-state index contributed by atoms with van der Waals surface area (Å²) < 4.78 is 16.6. The molecule has 1 fully saturated rings. The molecule has 1 aliphatic heterocycles. The third-order valence-electron chi connectivity index (χ3n) is 5.63. The molecule has 4 heteroatoms. The minimum Gasteiger partial charge on any atom is -0.493 e. The van der Waals surface area contributed by atoms with Crippen LogP contribution in [0.4, 0.5) is 0 Å². The van der Waals surface area contributed by atoms with Crippen molar-refractivity contribution in [2.75, 3.05) is 27.4 Å².